The van der Waals surface area contributed by atoms with Crippen LogP contribution in [0.5, 0.6) is 11.5 Å². The lowest BCUT2D eigenvalue weighted by Gasteiger charge is -2.47. The number of carbonyl (C=O) groups excluding carboxylic acids is 2. The zero-order valence-electron chi connectivity index (χ0n) is 23.2. The average Bonchev–Trinajstić information content (AvgIpc) is 3.60. The molecule has 1 saturated carbocycles. The number of amides is 2. The van der Waals surface area contributed by atoms with Gasteiger partial charge in [0.05, 0.1) is 6.54 Å². The summed E-state index contributed by atoms with van der Waals surface area (Å²) < 4.78 is 13.2. The van der Waals surface area contributed by atoms with E-state index < -0.39 is 5.54 Å². The fourth-order valence-corrected chi connectivity index (χ4v) is 6.80. The Bertz CT molecular complexity index is 1590. The molecule has 0 saturated heterocycles. The lowest BCUT2D eigenvalue weighted by atomic mass is 9.83. The lowest BCUT2D eigenvalue weighted by molar-refractivity contribution is -0.136. The number of benzene rings is 3. The topological polar surface area (TPSA) is 72.8 Å². The van der Waals surface area contributed by atoms with Gasteiger partial charge in [0.15, 0.2) is 17.0 Å². The molecule has 0 spiro atoms. The number of para-hydroxylation sites is 1. The van der Waals surface area contributed by atoms with E-state index >= 15 is 0 Å². The molecule has 1 fully saturated rings. The summed E-state index contributed by atoms with van der Waals surface area (Å²) in [6.07, 6.45) is 7.79. The fraction of sp³-hybridized carbons (Fsp3) is 0.353. The monoisotopic (exact) mass is 549 g/mol. The maximum atomic E-state index is 14.8. The van der Waals surface area contributed by atoms with Crippen LogP contribution in [0.25, 0.3) is 10.9 Å². The van der Waals surface area contributed by atoms with Gasteiger partial charge in [-0.05, 0) is 48.2 Å². The van der Waals surface area contributed by atoms with Gasteiger partial charge in [0.2, 0.25) is 6.79 Å². The summed E-state index contributed by atoms with van der Waals surface area (Å²) in [5, 5.41) is 4.44. The largest absolute Gasteiger partial charge is 0.454 e. The predicted molar refractivity (Wildman–Crippen MR) is 157 cm³/mol. The lowest BCUT2D eigenvalue weighted by Crippen LogP contribution is -2.64. The molecule has 0 unspecified atom stereocenters. The number of nitrogens with zero attached hydrogens (tertiary/aromatic N) is 2. The van der Waals surface area contributed by atoms with Crippen molar-refractivity contribution in [2.45, 2.75) is 69.6 Å². The molecule has 7 heteroatoms. The van der Waals surface area contributed by atoms with E-state index in [1.165, 1.54) is 19.3 Å². The molecule has 0 bridgehead atoms. The van der Waals surface area contributed by atoms with Gasteiger partial charge in [-0.3, -0.25) is 9.59 Å². The Labute approximate surface area is 240 Å². The molecule has 2 amide bonds. The second-order valence-electron chi connectivity index (χ2n) is 11.5. The Morgan fingerprint density at radius 2 is 1.59 bits per heavy atom. The number of ether oxygens (including phenoxy) is 2. The van der Waals surface area contributed by atoms with Crippen molar-refractivity contribution in [1.29, 1.82) is 0 Å². The highest BCUT2D eigenvalue weighted by atomic mass is 16.7. The van der Waals surface area contributed by atoms with E-state index in [4.69, 9.17) is 9.47 Å². The summed E-state index contributed by atoms with van der Waals surface area (Å²) in [7, 11) is 0. The quantitative estimate of drug-likeness (QED) is 0.324. The summed E-state index contributed by atoms with van der Waals surface area (Å²) in [5.41, 5.74) is 1.99. The molecule has 2 aliphatic heterocycles. The fourth-order valence-electron chi connectivity index (χ4n) is 6.80. The van der Waals surface area contributed by atoms with Crippen molar-refractivity contribution in [3.8, 4) is 11.5 Å². The van der Waals surface area contributed by atoms with Crippen LogP contribution in [-0.2, 0) is 23.4 Å². The van der Waals surface area contributed by atoms with Crippen LogP contribution in [-0.4, -0.2) is 34.1 Å². The standard InChI is InChI=1S/C34H35N3O4/c38-32-29-20-25-11-9-10-16-28(25)36(29)22-34(26-12-5-4-6-13-26,33(39)35-27-14-7-2-1-3-8-15-27)37(32)21-24-17-18-30-31(19-24)41-23-40-30/h4-6,9-13,16-20,27H,1-3,7-8,14-15,21-23H2,(H,35,39)/t34-/m1/s1. The van der Waals surface area contributed by atoms with Crippen molar-refractivity contribution in [3.63, 3.8) is 0 Å². The molecule has 3 heterocycles. The third kappa shape index (κ3) is 4.53. The highest BCUT2D eigenvalue weighted by molar-refractivity contribution is 6.04. The minimum absolute atomic E-state index is 0.0914. The molecule has 210 valence electrons. The summed E-state index contributed by atoms with van der Waals surface area (Å²) in [4.78, 5) is 31.2. The molecular weight excluding hydrogens is 514 g/mol. The molecule has 7 nitrogen and oxygen atoms in total. The van der Waals surface area contributed by atoms with Crippen molar-refractivity contribution < 1.29 is 19.1 Å². The normalized spacial score (nSPS) is 20.9. The van der Waals surface area contributed by atoms with Crippen LogP contribution < -0.4 is 14.8 Å². The molecular formula is C34H35N3O4. The predicted octanol–water partition coefficient (Wildman–Crippen LogP) is 6.15. The molecule has 0 radical (unpaired) electrons. The van der Waals surface area contributed by atoms with Crippen molar-refractivity contribution in [2.75, 3.05) is 6.79 Å². The Morgan fingerprint density at radius 1 is 0.854 bits per heavy atom. The van der Waals surface area contributed by atoms with Crippen molar-refractivity contribution >= 4 is 22.7 Å². The van der Waals surface area contributed by atoms with Crippen LogP contribution in [0.1, 0.15) is 66.6 Å². The van der Waals surface area contributed by atoms with Gasteiger partial charge in [0, 0.05) is 23.5 Å². The van der Waals surface area contributed by atoms with Gasteiger partial charge in [0.25, 0.3) is 11.8 Å². The second-order valence-corrected chi connectivity index (χ2v) is 11.5. The molecule has 7 rings (SSSR count). The minimum Gasteiger partial charge on any atom is -0.454 e. The number of carbonyl (C=O) groups is 2. The molecule has 41 heavy (non-hydrogen) atoms. The number of hydrogen-bond donors (Lipinski definition) is 1. The van der Waals surface area contributed by atoms with Gasteiger partial charge in [0.1, 0.15) is 5.69 Å². The van der Waals surface area contributed by atoms with Crippen LogP contribution in [0, 0.1) is 0 Å². The van der Waals surface area contributed by atoms with E-state index in [2.05, 4.69) is 5.32 Å². The van der Waals surface area contributed by atoms with E-state index in [-0.39, 0.29) is 31.2 Å². The van der Waals surface area contributed by atoms with E-state index in [9.17, 15) is 9.59 Å². The number of aromatic nitrogens is 1. The van der Waals surface area contributed by atoms with Gasteiger partial charge >= 0.3 is 0 Å². The molecule has 4 aromatic rings. The Hall–Kier alpha value is -4.26. The van der Waals surface area contributed by atoms with Gasteiger partial charge < -0.3 is 24.3 Å². The molecule has 1 atom stereocenters. The van der Waals surface area contributed by atoms with Gasteiger partial charge in [-0.2, -0.15) is 0 Å². The Kier molecular flexibility index (Phi) is 6.65. The van der Waals surface area contributed by atoms with Crippen LogP contribution in [0.3, 0.4) is 0 Å². The van der Waals surface area contributed by atoms with E-state index in [0.29, 0.717) is 23.7 Å². The second kappa shape index (κ2) is 10.6. The van der Waals surface area contributed by atoms with Gasteiger partial charge in [-0.1, -0.05) is 86.7 Å². The average molecular weight is 550 g/mol. The van der Waals surface area contributed by atoms with Crippen molar-refractivity contribution in [3.05, 3.63) is 95.7 Å². The minimum atomic E-state index is -1.24. The van der Waals surface area contributed by atoms with Crippen molar-refractivity contribution in [2.24, 2.45) is 0 Å². The summed E-state index contributed by atoms with van der Waals surface area (Å²) >= 11 is 0. The molecule has 1 aliphatic carbocycles. The van der Waals surface area contributed by atoms with Crippen LogP contribution in [0.15, 0.2) is 78.9 Å². The zero-order chi connectivity index (χ0) is 27.8. The van der Waals surface area contributed by atoms with Gasteiger partial charge in [-0.25, -0.2) is 0 Å². The van der Waals surface area contributed by atoms with Crippen LogP contribution >= 0.6 is 0 Å². The molecule has 3 aliphatic rings. The maximum Gasteiger partial charge on any atom is 0.272 e. The molecule has 1 aromatic heterocycles. The number of rotatable bonds is 5. The third-order valence-corrected chi connectivity index (χ3v) is 8.97. The maximum absolute atomic E-state index is 14.8. The zero-order valence-corrected chi connectivity index (χ0v) is 23.2. The van der Waals surface area contributed by atoms with E-state index in [1.807, 2.05) is 83.4 Å². The Morgan fingerprint density at radius 3 is 2.41 bits per heavy atom. The molecule has 3 aromatic carbocycles. The summed E-state index contributed by atoms with van der Waals surface area (Å²) in [6, 6.07) is 25.6. The Balaban J connectivity index is 1.37. The van der Waals surface area contributed by atoms with Crippen LogP contribution in [0.2, 0.25) is 0 Å². The SMILES string of the molecule is O=C1c2cc3ccccc3n2C[C@](C(=O)NC2CCCCCCC2)(c2ccccc2)N1Cc1ccc2c(c1)OCO2. The molecule has 1 N–H and O–H groups in total. The first-order valence-electron chi connectivity index (χ1n) is 14.8. The number of hydrogen-bond acceptors (Lipinski definition) is 4. The first-order valence-corrected chi connectivity index (χ1v) is 14.8. The van der Waals surface area contributed by atoms with Gasteiger partial charge in [-0.15, -0.1) is 0 Å². The summed E-state index contributed by atoms with van der Waals surface area (Å²) in [6.45, 7) is 0.762. The van der Waals surface area contributed by atoms with Crippen molar-refractivity contribution in [1.82, 2.24) is 14.8 Å². The summed E-state index contributed by atoms with van der Waals surface area (Å²) in [5.74, 6) is 1.06. The van der Waals surface area contributed by atoms with Crippen LogP contribution in [0.4, 0.5) is 0 Å². The third-order valence-electron chi connectivity index (χ3n) is 8.97. The number of nitrogens with one attached hydrogen (secondary N) is 1. The van der Waals surface area contributed by atoms with E-state index in [0.717, 1.165) is 47.7 Å². The number of fused-ring (bicyclic) bond motifs is 4. The highest BCUT2D eigenvalue weighted by Gasteiger charge is 2.52. The smallest absolute Gasteiger partial charge is 0.272 e. The highest BCUT2D eigenvalue weighted by Crippen LogP contribution is 2.41. The first-order chi connectivity index (χ1) is 20.1. The van der Waals surface area contributed by atoms with E-state index in [1.54, 1.807) is 4.90 Å². The first kappa shape index (κ1) is 25.7.